The number of hydrogen-bond donors (Lipinski definition) is 1. The normalized spacial score (nSPS) is 14.1. The van der Waals surface area contributed by atoms with Crippen molar-refractivity contribution in [3.63, 3.8) is 0 Å². The molecule has 1 heterocycles. The van der Waals surface area contributed by atoms with Crippen molar-refractivity contribution in [2.24, 2.45) is 0 Å². The first-order valence-electron chi connectivity index (χ1n) is 8.50. The highest BCUT2D eigenvalue weighted by molar-refractivity contribution is 7.80. The summed E-state index contributed by atoms with van der Waals surface area (Å²) in [5.74, 6) is 0.417. The molecule has 0 amide bonds. The minimum absolute atomic E-state index is 0.0410. The Hall–Kier alpha value is -2.61. The molecule has 0 radical (unpaired) electrons. The molecule has 27 heavy (non-hydrogen) atoms. The van der Waals surface area contributed by atoms with E-state index in [0.717, 1.165) is 48.5 Å². The first kappa shape index (κ1) is 19.2. The molecule has 0 aromatic heterocycles. The van der Waals surface area contributed by atoms with Crippen molar-refractivity contribution < 1.29 is 18.3 Å². The van der Waals surface area contributed by atoms with E-state index in [1.807, 2.05) is 23.1 Å². The minimum atomic E-state index is -0.541. The van der Waals surface area contributed by atoms with E-state index in [2.05, 4.69) is 10.2 Å². The van der Waals surface area contributed by atoms with Gasteiger partial charge in [-0.2, -0.15) is 0 Å². The Morgan fingerprint density at radius 2 is 1.74 bits per heavy atom. The zero-order chi connectivity index (χ0) is 19.4. The van der Waals surface area contributed by atoms with Gasteiger partial charge >= 0.3 is 0 Å². The molecule has 2 aromatic rings. The lowest BCUT2D eigenvalue weighted by Crippen LogP contribution is -2.50. The quantitative estimate of drug-likeness (QED) is 0.802. The van der Waals surface area contributed by atoms with Crippen LogP contribution in [-0.2, 0) is 0 Å². The van der Waals surface area contributed by atoms with Gasteiger partial charge in [0.15, 0.2) is 5.11 Å². The summed E-state index contributed by atoms with van der Waals surface area (Å²) in [7, 11) is 3.24. The molecular formula is C19H21F2N3O2S. The van der Waals surface area contributed by atoms with Gasteiger partial charge < -0.3 is 24.6 Å². The zero-order valence-corrected chi connectivity index (χ0v) is 16.0. The lowest BCUT2D eigenvalue weighted by atomic mass is 10.2. The summed E-state index contributed by atoms with van der Waals surface area (Å²) in [4.78, 5) is 4.13. The van der Waals surface area contributed by atoms with Gasteiger partial charge in [-0.25, -0.2) is 8.78 Å². The number of methoxy groups -OCH3 is 2. The fourth-order valence-electron chi connectivity index (χ4n) is 2.98. The van der Waals surface area contributed by atoms with Crippen LogP contribution in [-0.4, -0.2) is 50.4 Å². The van der Waals surface area contributed by atoms with E-state index in [9.17, 15) is 8.78 Å². The summed E-state index contributed by atoms with van der Waals surface area (Å²) >= 11 is 5.36. The first-order valence-corrected chi connectivity index (χ1v) is 8.90. The fraction of sp³-hybridized carbons (Fsp3) is 0.316. The van der Waals surface area contributed by atoms with Crippen LogP contribution in [0.1, 0.15) is 0 Å². The Kier molecular flexibility index (Phi) is 5.95. The van der Waals surface area contributed by atoms with E-state index in [1.165, 1.54) is 0 Å². The summed E-state index contributed by atoms with van der Waals surface area (Å²) < 4.78 is 37.8. The number of hydrogen-bond acceptors (Lipinski definition) is 4. The molecule has 1 aliphatic heterocycles. The molecule has 1 N–H and O–H groups in total. The molecule has 5 nitrogen and oxygen atoms in total. The highest BCUT2D eigenvalue weighted by Crippen LogP contribution is 2.32. The maximum absolute atomic E-state index is 13.8. The monoisotopic (exact) mass is 393 g/mol. The number of anilines is 2. The van der Waals surface area contributed by atoms with Crippen molar-refractivity contribution >= 4 is 28.7 Å². The molecule has 1 fully saturated rings. The largest absolute Gasteiger partial charge is 0.497 e. The molecule has 2 aromatic carbocycles. The van der Waals surface area contributed by atoms with E-state index in [-0.39, 0.29) is 5.69 Å². The van der Waals surface area contributed by atoms with Crippen LogP contribution >= 0.6 is 12.2 Å². The minimum Gasteiger partial charge on any atom is -0.497 e. The van der Waals surface area contributed by atoms with Gasteiger partial charge in [-0.1, -0.05) is 0 Å². The second kappa shape index (κ2) is 8.39. The van der Waals surface area contributed by atoms with Crippen molar-refractivity contribution in [2.45, 2.75) is 0 Å². The summed E-state index contributed by atoms with van der Waals surface area (Å²) in [5, 5.41) is 3.17. The SMILES string of the molecule is COc1ccc(N2CCN(C(=S)Nc3cc(F)ccc3F)CC2)c(OC)c1. The molecule has 1 aliphatic rings. The van der Waals surface area contributed by atoms with Gasteiger partial charge in [-0.05, 0) is 36.5 Å². The Morgan fingerprint density at radius 1 is 1.00 bits per heavy atom. The van der Waals surface area contributed by atoms with E-state index >= 15 is 0 Å². The molecule has 144 valence electrons. The lowest BCUT2D eigenvalue weighted by molar-refractivity contribution is 0.377. The molecule has 0 unspecified atom stereocenters. The fourth-order valence-corrected chi connectivity index (χ4v) is 3.28. The van der Waals surface area contributed by atoms with E-state index < -0.39 is 11.6 Å². The van der Waals surface area contributed by atoms with Crippen molar-refractivity contribution in [1.82, 2.24) is 4.90 Å². The Balaban J connectivity index is 1.63. The zero-order valence-electron chi connectivity index (χ0n) is 15.2. The number of rotatable bonds is 4. The Morgan fingerprint density at radius 3 is 2.41 bits per heavy atom. The smallest absolute Gasteiger partial charge is 0.173 e. The van der Waals surface area contributed by atoms with Gasteiger partial charge in [-0.3, -0.25) is 0 Å². The average molecular weight is 393 g/mol. The van der Waals surface area contributed by atoms with Crippen LogP contribution in [0.3, 0.4) is 0 Å². The van der Waals surface area contributed by atoms with Gasteiger partial charge in [0.05, 0.1) is 25.6 Å². The maximum atomic E-state index is 13.8. The maximum Gasteiger partial charge on any atom is 0.173 e. The molecule has 0 saturated carbocycles. The molecule has 0 atom stereocenters. The van der Waals surface area contributed by atoms with Crippen LogP contribution in [0, 0.1) is 11.6 Å². The van der Waals surface area contributed by atoms with Crippen molar-refractivity contribution in [2.75, 3.05) is 50.6 Å². The van der Waals surface area contributed by atoms with E-state index in [0.29, 0.717) is 18.2 Å². The summed E-state index contributed by atoms with van der Waals surface area (Å²) in [6.07, 6.45) is 0. The number of piperazine rings is 1. The second-order valence-electron chi connectivity index (χ2n) is 6.07. The standard InChI is InChI=1S/C19H21F2N3O2S/c1-25-14-4-6-17(18(12-14)26-2)23-7-9-24(10-8-23)19(27)22-16-11-13(20)3-5-15(16)21/h3-6,11-12H,7-10H2,1-2H3,(H,22,27). The van der Waals surface area contributed by atoms with Gasteiger partial charge in [0.25, 0.3) is 0 Å². The highest BCUT2D eigenvalue weighted by Gasteiger charge is 2.22. The van der Waals surface area contributed by atoms with Gasteiger partial charge in [0.2, 0.25) is 0 Å². The van der Waals surface area contributed by atoms with E-state index in [1.54, 1.807) is 14.2 Å². The predicted molar refractivity (Wildman–Crippen MR) is 106 cm³/mol. The Labute approximate surface area is 162 Å². The van der Waals surface area contributed by atoms with Crippen LogP contribution < -0.4 is 19.7 Å². The molecule has 3 rings (SSSR count). The van der Waals surface area contributed by atoms with Gasteiger partial charge in [0, 0.05) is 38.3 Å². The summed E-state index contributed by atoms with van der Waals surface area (Å²) in [6.45, 7) is 2.74. The van der Waals surface area contributed by atoms with Crippen LogP contribution in [0.5, 0.6) is 11.5 Å². The van der Waals surface area contributed by atoms with Crippen molar-refractivity contribution in [3.05, 3.63) is 48.0 Å². The van der Waals surface area contributed by atoms with Crippen molar-refractivity contribution in [3.8, 4) is 11.5 Å². The van der Waals surface area contributed by atoms with Crippen LogP contribution in [0.15, 0.2) is 36.4 Å². The third-order valence-electron chi connectivity index (χ3n) is 4.46. The molecule has 0 aliphatic carbocycles. The highest BCUT2D eigenvalue weighted by atomic mass is 32.1. The number of halogens is 2. The second-order valence-corrected chi connectivity index (χ2v) is 6.45. The summed E-state index contributed by atoms with van der Waals surface area (Å²) in [6, 6.07) is 8.95. The molecule has 1 saturated heterocycles. The van der Waals surface area contributed by atoms with Crippen molar-refractivity contribution in [1.29, 1.82) is 0 Å². The predicted octanol–water partition coefficient (Wildman–Crippen LogP) is 3.50. The third kappa shape index (κ3) is 4.39. The molecule has 0 bridgehead atoms. The average Bonchev–Trinajstić information content (AvgIpc) is 2.70. The number of benzene rings is 2. The van der Waals surface area contributed by atoms with E-state index in [4.69, 9.17) is 21.7 Å². The first-order chi connectivity index (χ1) is 13.0. The van der Waals surface area contributed by atoms with Crippen LogP contribution in [0.2, 0.25) is 0 Å². The topological polar surface area (TPSA) is 37.0 Å². The van der Waals surface area contributed by atoms with Crippen LogP contribution in [0.25, 0.3) is 0 Å². The number of thiocarbonyl (C=S) groups is 1. The van der Waals surface area contributed by atoms with Gasteiger partial charge in [0.1, 0.15) is 23.1 Å². The van der Waals surface area contributed by atoms with Gasteiger partial charge in [-0.15, -0.1) is 0 Å². The number of ether oxygens (including phenoxy) is 2. The van der Waals surface area contributed by atoms with Crippen LogP contribution in [0.4, 0.5) is 20.2 Å². The molecular weight excluding hydrogens is 372 g/mol. The molecule has 8 heteroatoms. The third-order valence-corrected chi connectivity index (χ3v) is 4.82. The molecule has 0 spiro atoms. The number of nitrogens with one attached hydrogen (secondary N) is 1. The Bertz CT molecular complexity index is 827. The summed E-state index contributed by atoms with van der Waals surface area (Å²) in [5.41, 5.74) is 1.02. The lowest BCUT2D eigenvalue weighted by Gasteiger charge is -2.38. The number of nitrogens with zero attached hydrogens (tertiary/aromatic N) is 2.